The maximum atomic E-state index is 13.3. The number of aromatic nitrogens is 3. The highest BCUT2D eigenvalue weighted by Crippen LogP contribution is 2.30. The maximum Gasteiger partial charge on any atom is 0.458 e. The summed E-state index contributed by atoms with van der Waals surface area (Å²) in [6.07, 6.45) is -10.7. The molecule has 0 radical (unpaired) electrons. The Morgan fingerprint density at radius 3 is 2.00 bits per heavy atom. The van der Waals surface area contributed by atoms with Gasteiger partial charge < -0.3 is 25.8 Å². The van der Waals surface area contributed by atoms with E-state index in [2.05, 4.69) is 41.9 Å². The number of urea groups is 1. The number of piperazine rings is 1. The van der Waals surface area contributed by atoms with Crippen LogP contribution in [0.25, 0.3) is 0 Å². The van der Waals surface area contributed by atoms with E-state index in [-0.39, 0.29) is 6.03 Å². The minimum Gasteiger partial charge on any atom is -0.368 e. The Kier molecular flexibility index (Phi) is 14.2. The second-order valence-corrected chi connectivity index (χ2v) is 12.4. The maximum absolute atomic E-state index is 13.3. The molecular weight excluding hydrogens is 817 g/mol. The Hall–Kier alpha value is -6.50. The first-order valence-corrected chi connectivity index (χ1v) is 16.7. The van der Waals surface area contributed by atoms with Crippen molar-refractivity contribution < 1.29 is 58.7 Å². The number of rotatable bonds is 3. The topological polar surface area (TPSA) is 173 Å². The molecule has 1 fully saturated rings. The fraction of sp³-hybridized carbons (Fsp3) is 0.257. The van der Waals surface area contributed by atoms with Gasteiger partial charge in [0.15, 0.2) is 5.82 Å². The van der Waals surface area contributed by atoms with Crippen LogP contribution in [0.15, 0.2) is 67.1 Å². The van der Waals surface area contributed by atoms with Crippen LogP contribution in [-0.2, 0) is 27.2 Å². The smallest absolute Gasteiger partial charge is 0.368 e. The number of anilines is 6. The largest absolute Gasteiger partial charge is 0.458 e. The molecule has 4 aromatic rings. The first kappa shape index (κ1) is 44.2. The van der Waals surface area contributed by atoms with E-state index in [1.807, 2.05) is 59.6 Å². The SMILES string of the molecule is N#Cc1ccc(N2CCN(C(=O)Nc3ccc4cc3CCc3cncc(c3)Nc3ncc(Cl)c(n3)N4)CC2)cc1.O=C(C(=O)C(F)(F)F)C(F)(F)F.O=CC(F)(F)F. The number of amides is 2. The quantitative estimate of drug-likeness (QED) is 0.107. The van der Waals surface area contributed by atoms with Crippen molar-refractivity contribution in [3.8, 4) is 6.07 Å². The Morgan fingerprint density at radius 1 is 0.810 bits per heavy atom. The second kappa shape index (κ2) is 18.6. The number of carbonyl (C=O) groups is 4. The molecule has 0 atom stereocenters. The van der Waals surface area contributed by atoms with Crippen molar-refractivity contribution in [2.24, 2.45) is 0 Å². The molecule has 2 amide bonds. The van der Waals surface area contributed by atoms with Crippen LogP contribution >= 0.6 is 11.6 Å². The summed E-state index contributed by atoms with van der Waals surface area (Å²) in [5.74, 6) is -5.93. The van der Waals surface area contributed by atoms with Crippen molar-refractivity contribution in [2.45, 2.75) is 31.4 Å². The zero-order valence-corrected chi connectivity index (χ0v) is 30.0. The molecule has 4 heterocycles. The third-order valence-electron chi connectivity index (χ3n) is 7.87. The van der Waals surface area contributed by atoms with Crippen molar-refractivity contribution in [1.82, 2.24) is 19.9 Å². The first-order chi connectivity index (χ1) is 27.2. The highest BCUT2D eigenvalue weighted by atomic mass is 35.5. The van der Waals surface area contributed by atoms with Crippen molar-refractivity contribution in [2.75, 3.05) is 47.0 Å². The van der Waals surface area contributed by atoms with Gasteiger partial charge in [-0.3, -0.25) is 19.4 Å². The Labute approximate surface area is 326 Å². The molecule has 1 saturated heterocycles. The molecule has 2 aromatic carbocycles. The molecule has 2 aliphatic heterocycles. The van der Waals surface area contributed by atoms with E-state index in [0.29, 0.717) is 55.0 Å². The minimum atomic E-state index is -5.77. The summed E-state index contributed by atoms with van der Waals surface area (Å²) in [7, 11) is 0. The number of halogens is 10. The number of nitrogens with zero attached hydrogens (tertiary/aromatic N) is 6. The summed E-state index contributed by atoms with van der Waals surface area (Å²) < 4.78 is 98.2. The molecule has 58 heavy (non-hydrogen) atoms. The van der Waals surface area contributed by atoms with Crippen LogP contribution in [0.2, 0.25) is 5.02 Å². The molecule has 2 aromatic heterocycles. The number of nitriles is 1. The lowest BCUT2D eigenvalue weighted by molar-refractivity contribution is -0.193. The minimum absolute atomic E-state index is 0.129. The van der Waals surface area contributed by atoms with E-state index < -0.39 is 36.4 Å². The number of nitrogens with one attached hydrogen (secondary N) is 3. The van der Waals surface area contributed by atoms with E-state index >= 15 is 0 Å². The van der Waals surface area contributed by atoms with Crippen molar-refractivity contribution in [3.63, 3.8) is 0 Å². The number of benzene rings is 2. The summed E-state index contributed by atoms with van der Waals surface area (Å²) in [6, 6.07) is 17.4. The van der Waals surface area contributed by atoms with Gasteiger partial charge in [-0.25, -0.2) is 9.78 Å². The van der Waals surface area contributed by atoms with E-state index in [1.165, 1.54) is 0 Å². The predicted octanol–water partition coefficient (Wildman–Crippen LogP) is 7.33. The number of fused-ring (bicyclic) bond motifs is 6. The summed E-state index contributed by atoms with van der Waals surface area (Å²) in [6.45, 7) is 2.63. The monoisotopic (exact) mass is 843 g/mol. The molecule has 13 nitrogen and oxygen atoms in total. The summed E-state index contributed by atoms with van der Waals surface area (Å²) in [4.78, 5) is 58.4. The second-order valence-electron chi connectivity index (χ2n) is 12.0. The van der Waals surface area contributed by atoms with Gasteiger partial charge in [0.1, 0.15) is 5.02 Å². The third-order valence-corrected chi connectivity index (χ3v) is 8.15. The number of ketones is 2. The standard InChI is InChI=1S/C29H26ClN9O.C4F6O2.C2HF3O/c30-25-18-33-28-35-23-13-20(16-32-17-23)1-4-21-14-22(34-27(25)37-28)5-8-26(21)36-29(40)39-11-9-38(10-12-39)24-6-2-19(15-31)3-7-24;5-3(6,7)1(11)2(12)4(8,9)10;3-2(4,5)1-6/h2-3,5-8,13-14,16-18H,1,4,9-12H2,(H,36,40)(H2,33,34,35,37);;1H. The number of hydrogen-bond donors (Lipinski definition) is 3. The average Bonchev–Trinajstić information content (AvgIpc) is 3.18. The van der Waals surface area contributed by atoms with Gasteiger partial charge in [-0.15, -0.1) is 0 Å². The number of alkyl halides is 9. The fourth-order valence-corrected chi connectivity index (χ4v) is 5.26. The van der Waals surface area contributed by atoms with Gasteiger partial charge in [-0.1, -0.05) is 11.6 Å². The van der Waals surface area contributed by atoms with Crippen LogP contribution in [-0.4, -0.2) is 88.4 Å². The number of aldehydes is 1. The fourth-order valence-electron chi connectivity index (χ4n) is 5.12. The molecule has 306 valence electrons. The molecule has 6 rings (SSSR count). The van der Waals surface area contributed by atoms with Crippen LogP contribution < -0.4 is 20.9 Å². The predicted molar refractivity (Wildman–Crippen MR) is 190 cm³/mol. The molecule has 0 spiro atoms. The van der Waals surface area contributed by atoms with Gasteiger partial charge in [-0.2, -0.15) is 49.8 Å². The summed E-state index contributed by atoms with van der Waals surface area (Å²) >= 11 is 6.38. The average molecular weight is 844 g/mol. The molecule has 2 aliphatic rings. The Balaban J connectivity index is 0.000000346. The van der Waals surface area contributed by atoms with E-state index in [9.17, 15) is 53.9 Å². The first-order valence-electron chi connectivity index (χ1n) is 16.4. The van der Waals surface area contributed by atoms with Gasteiger partial charge in [0.2, 0.25) is 12.2 Å². The highest BCUT2D eigenvalue weighted by molar-refractivity contribution is 6.41. The number of pyridine rings is 1. The van der Waals surface area contributed by atoms with Gasteiger partial charge >= 0.3 is 36.1 Å². The normalized spacial score (nSPS) is 13.7. The number of Topliss-reactive ketones (excluding diaryl/α,β-unsaturated/α-hetero) is 2. The van der Waals surface area contributed by atoms with E-state index in [0.717, 1.165) is 40.3 Å². The van der Waals surface area contributed by atoms with E-state index in [1.54, 1.807) is 12.4 Å². The van der Waals surface area contributed by atoms with Gasteiger partial charge in [0, 0.05) is 49.4 Å². The lowest BCUT2D eigenvalue weighted by atomic mass is 10.0. The van der Waals surface area contributed by atoms with Crippen LogP contribution in [0.1, 0.15) is 16.7 Å². The summed E-state index contributed by atoms with van der Waals surface area (Å²) in [5.41, 5.74) is 6.07. The van der Waals surface area contributed by atoms with Gasteiger partial charge in [-0.05, 0) is 72.5 Å². The highest BCUT2D eigenvalue weighted by Gasteiger charge is 2.54. The lowest BCUT2D eigenvalue weighted by Crippen LogP contribution is -2.50. The molecule has 0 aliphatic carbocycles. The molecule has 0 unspecified atom stereocenters. The van der Waals surface area contributed by atoms with Gasteiger partial charge in [0.25, 0.3) is 0 Å². The Morgan fingerprint density at radius 2 is 1.43 bits per heavy atom. The molecule has 23 heteroatoms. The van der Waals surface area contributed by atoms with E-state index in [4.69, 9.17) is 21.7 Å². The zero-order chi connectivity index (χ0) is 42.8. The Bertz CT molecular complexity index is 2150. The zero-order valence-electron chi connectivity index (χ0n) is 29.3. The number of hydrogen-bond acceptors (Lipinski definition) is 11. The molecule has 0 saturated carbocycles. The van der Waals surface area contributed by atoms with Crippen LogP contribution in [0.5, 0.6) is 0 Å². The molecular formula is C35H27ClF9N9O4. The number of carbonyl (C=O) groups excluding carboxylic acids is 4. The van der Waals surface area contributed by atoms with Crippen molar-refractivity contribution in [3.05, 3.63) is 88.8 Å². The van der Waals surface area contributed by atoms with Crippen molar-refractivity contribution in [1.29, 1.82) is 5.26 Å². The van der Waals surface area contributed by atoms with Crippen molar-refractivity contribution >= 4 is 70.0 Å². The summed E-state index contributed by atoms with van der Waals surface area (Å²) in [5, 5.41) is 19.0. The lowest BCUT2D eigenvalue weighted by Gasteiger charge is -2.36. The van der Waals surface area contributed by atoms with Crippen LogP contribution in [0, 0.1) is 11.3 Å². The van der Waals surface area contributed by atoms with Gasteiger partial charge in [0.05, 0.1) is 29.7 Å². The van der Waals surface area contributed by atoms with Crippen LogP contribution in [0.4, 0.5) is 78.8 Å². The van der Waals surface area contributed by atoms with Crippen LogP contribution in [0.3, 0.4) is 0 Å². The molecule has 6 bridgehead atoms. The molecule has 3 N–H and O–H groups in total. The third kappa shape index (κ3) is 12.8. The number of aryl methyl sites for hydroxylation is 2.